The lowest BCUT2D eigenvalue weighted by Gasteiger charge is -2.29. The fraction of sp³-hybridized carbons (Fsp3) is 0.368. The van der Waals surface area contributed by atoms with E-state index in [0.717, 1.165) is 12.8 Å². The fourth-order valence-corrected chi connectivity index (χ4v) is 4.40. The molecule has 0 bridgehead atoms. The van der Waals surface area contributed by atoms with E-state index in [1.54, 1.807) is 18.3 Å². The first-order valence-corrected chi connectivity index (χ1v) is 10.4. The Kier molecular flexibility index (Phi) is 6.08. The average Bonchev–Trinajstić information content (AvgIpc) is 2.64. The summed E-state index contributed by atoms with van der Waals surface area (Å²) in [6.07, 6.45) is 4.70. The lowest BCUT2D eigenvalue weighted by molar-refractivity contribution is -0.114. The van der Waals surface area contributed by atoms with Crippen molar-refractivity contribution in [3.8, 4) is 5.88 Å². The van der Waals surface area contributed by atoms with Crippen LogP contribution in [0.15, 0.2) is 53.6 Å². The van der Waals surface area contributed by atoms with Crippen LogP contribution in [-0.4, -0.2) is 31.5 Å². The van der Waals surface area contributed by atoms with E-state index in [-0.39, 0.29) is 22.9 Å². The highest BCUT2D eigenvalue weighted by molar-refractivity contribution is 7.89. The summed E-state index contributed by atoms with van der Waals surface area (Å²) in [5.41, 5.74) is 0.564. The van der Waals surface area contributed by atoms with Crippen molar-refractivity contribution in [2.24, 2.45) is 0 Å². The number of sulfonamides is 1. The summed E-state index contributed by atoms with van der Waals surface area (Å²) in [6.45, 7) is 1.40. The summed E-state index contributed by atoms with van der Waals surface area (Å²) < 4.78 is 33.7. The molecule has 1 amide bonds. The van der Waals surface area contributed by atoms with Gasteiger partial charge in [-0.3, -0.25) is 4.79 Å². The quantitative estimate of drug-likeness (QED) is 0.792. The van der Waals surface area contributed by atoms with Crippen LogP contribution in [-0.2, 0) is 14.8 Å². The molecule has 1 aromatic heterocycles. The molecule has 144 valence electrons. The second kappa shape index (κ2) is 8.49. The number of amides is 1. The van der Waals surface area contributed by atoms with Crippen molar-refractivity contribution in [1.82, 2.24) is 9.71 Å². The molecule has 1 aromatic carbocycles. The highest BCUT2D eigenvalue weighted by Gasteiger charge is 2.26. The Morgan fingerprint density at radius 2 is 1.78 bits per heavy atom. The number of hydrogen-bond acceptors (Lipinski definition) is 5. The summed E-state index contributed by atoms with van der Waals surface area (Å²) in [7, 11) is -3.60. The number of aromatic nitrogens is 1. The van der Waals surface area contributed by atoms with Crippen LogP contribution in [0.1, 0.15) is 32.6 Å². The molecule has 2 aromatic rings. The minimum Gasteiger partial charge on any atom is -0.474 e. The van der Waals surface area contributed by atoms with Gasteiger partial charge in [0.2, 0.25) is 21.8 Å². The van der Waals surface area contributed by atoms with Gasteiger partial charge in [-0.2, -0.15) is 0 Å². The van der Waals surface area contributed by atoms with E-state index < -0.39 is 10.0 Å². The van der Waals surface area contributed by atoms with Crippen molar-refractivity contribution in [2.45, 2.75) is 49.6 Å². The van der Waals surface area contributed by atoms with E-state index in [9.17, 15) is 13.2 Å². The van der Waals surface area contributed by atoms with Crippen molar-refractivity contribution in [2.75, 3.05) is 5.32 Å². The number of nitrogens with one attached hydrogen (secondary N) is 2. The lowest BCUT2D eigenvalue weighted by atomic mass is 9.94. The highest BCUT2D eigenvalue weighted by atomic mass is 32.2. The van der Waals surface area contributed by atoms with E-state index in [0.29, 0.717) is 24.4 Å². The van der Waals surface area contributed by atoms with Gasteiger partial charge in [-0.05, 0) is 56.0 Å². The maximum Gasteiger partial charge on any atom is 0.240 e. The van der Waals surface area contributed by atoms with Crippen LogP contribution >= 0.6 is 0 Å². The Morgan fingerprint density at radius 3 is 2.37 bits per heavy atom. The molecular formula is C19H23N3O4S. The van der Waals surface area contributed by atoms with Crippen molar-refractivity contribution < 1.29 is 17.9 Å². The number of pyridine rings is 1. The monoisotopic (exact) mass is 389 g/mol. The Labute approximate surface area is 159 Å². The largest absolute Gasteiger partial charge is 0.474 e. The maximum absolute atomic E-state index is 12.6. The minimum absolute atomic E-state index is 0.0533. The molecule has 3 rings (SSSR count). The molecule has 0 spiro atoms. The van der Waals surface area contributed by atoms with E-state index >= 15 is 0 Å². The molecule has 0 aliphatic heterocycles. The molecule has 1 aliphatic carbocycles. The number of carbonyl (C=O) groups is 1. The average molecular weight is 389 g/mol. The number of carbonyl (C=O) groups excluding carboxylic acids is 1. The molecule has 1 heterocycles. The second-order valence-corrected chi connectivity index (χ2v) is 8.30. The maximum atomic E-state index is 12.6. The van der Waals surface area contributed by atoms with Crippen LogP contribution < -0.4 is 14.8 Å². The zero-order valence-corrected chi connectivity index (χ0v) is 15.9. The second-order valence-electron chi connectivity index (χ2n) is 6.59. The first-order chi connectivity index (χ1) is 12.9. The van der Waals surface area contributed by atoms with Crippen molar-refractivity contribution in [1.29, 1.82) is 0 Å². The number of rotatable bonds is 6. The molecule has 0 saturated heterocycles. The molecular weight excluding hydrogens is 366 g/mol. The molecule has 8 heteroatoms. The molecule has 7 nitrogen and oxygen atoms in total. The van der Waals surface area contributed by atoms with Gasteiger partial charge in [-0.15, -0.1) is 0 Å². The molecule has 27 heavy (non-hydrogen) atoms. The highest BCUT2D eigenvalue weighted by Crippen LogP contribution is 2.24. The Balaban J connectivity index is 1.53. The van der Waals surface area contributed by atoms with Gasteiger partial charge in [-0.1, -0.05) is 6.07 Å². The van der Waals surface area contributed by atoms with Gasteiger partial charge >= 0.3 is 0 Å². The van der Waals surface area contributed by atoms with Gasteiger partial charge < -0.3 is 10.1 Å². The molecule has 0 atom stereocenters. The van der Waals surface area contributed by atoms with E-state index in [2.05, 4.69) is 15.0 Å². The Hall–Kier alpha value is -2.45. The van der Waals surface area contributed by atoms with Crippen LogP contribution in [0.4, 0.5) is 5.69 Å². The number of hydrogen-bond donors (Lipinski definition) is 2. The predicted octanol–water partition coefficient (Wildman–Crippen LogP) is 2.71. The van der Waals surface area contributed by atoms with E-state index in [4.69, 9.17) is 4.74 Å². The molecule has 1 aliphatic rings. The molecule has 1 saturated carbocycles. The summed E-state index contributed by atoms with van der Waals surface area (Å²) in [5.74, 6) is 0.397. The molecule has 0 radical (unpaired) electrons. The van der Waals surface area contributed by atoms with Crippen molar-refractivity contribution >= 4 is 21.6 Å². The molecule has 1 fully saturated rings. The Bertz CT molecular complexity index is 862. The fourth-order valence-electron chi connectivity index (χ4n) is 3.09. The van der Waals surface area contributed by atoms with Gasteiger partial charge in [0, 0.05) is 30.9 Å². The Morgan fingerprint density at radius 1 is 1.07 bits per heavy atom. The third-order valence-corrected chi connectivity index (χ3v) is 5.94. The van der Waals surface area contributed by atoms with Gasteiger partial charge in [0.25, 0.3) is 0 Å². The third-order valence-electron chi connectivity index (χ3n) is 4.41. The van der Waals surface area contributed by atoms with Crippen molar-refractivity contribution in [3.05, 3.63) is 48.7 Å². The summed E-state index contributed by atoms with van der Waals surface area (Å²) in [6, 6.07) is 11.5. The van der Waals surface area contributed by atoms with Gasteiger partial charge in [0.15, 0.2) is 0 Å². The van der Waals surface area contributed by atoms with Gasteiger partial charge in [0.05, 0.1) is 4.90 Å². The van der Waals surface area contributed by atoms with Gasteiger partial charge in [0.1, 0.15) is 6.10 Å². The predicted molar refractivity (Wildman–Crippen MR) is 102 cm³/mol. The number of nitrogens with zero attached hydrogens (tertiary/aromatic N) is 1. The van der Waals surface area contributed by atoms with Crippen LogP contribution in [0, 0.1) is 0 Å². The SMILES string of the molecule is CC(=O)Nc1ccc(S(=O)(=O)NC2CCC(Oc3ccccn3)CC2)cc1. The molecule has 0 unspecified atom stereocenters. The minimum atomic E-state index is -3.60. The van der Waals surface area contributed by atoms with E-state index in [1.807, 2.05) is 18.2 Å². The number of anilines is 1. The summed E-state index contributed by atoms with van der Waals surface area (Å²) >= 11 is 0. The third kappa shape index (κ3) is 5.51. The van der Waals surface area contributed by atoms with Gasteiger partial charge in [-0.25, -0.2) is 18.1 Å². The topological polar surface area (TPSA) is 97.4 Å². The van der Waals surface area contributed by atoms with E-state index in [1.165, 1.54) is 19.1 Å². The zero-order chi connectivity index (χ0) is 19.3. The summed E-state index contributed by atoms with van der Waals surface area (Å²) in [4.78, 5) is 15.4. The standard InChI is InChI=1S/C19H23N3O4S/c1-14(23)21-15-7-11-18(12-8-15)27(24,25)22-16-5-9-17(10-6-16)26-19-4-2-3-13-20-19/h2-4,7-8,11-13,16-17,22H,5-6,9-10H2,1H3,(H,21,23). The van der Waals surface area contributed by atoms with Crippen LogP contribution in [0.2, 0.25) is 0 Å². The van der Waals surface area contributed by atoms with Crippen LogP contribution in [0.25, 0.3) is 0 Å². The first kappa shape index (κ1) is 19.3. The normalized spacial score (nSPS) is 20.0. The smallest absolute Gasteiger partial charge is 0.240 e. The van der Waals surface area contributed by atoms with Crippen LogP contribution in [0.3, 0.4) is 0 Å². The lowest BCUT2D eigenvalue weighted by Crippen LogP contribution is -2.39. The van der Waals surface area contributed by atoms with Crippen molar-refractivity contribution in [3.63, 3.8) is 0 Å². The van der Waals surface area contributed by atoms with Crippen LogP contribution in [0.5, 0.6) is 5.88 Å². The summed E-state index contributed by atoms with van der Waals surface area (Å²) in [5, 5.41) is 2.62. The number of ether oxygens (including phenoxy) is 1. The first-order valence-electron chi connectivity index (χ1n) is 8.90. The number of benzene rings is 1. The zero-order valence-electron chi connectivity index (χ0n) is 15.1. The molecule has 2 N–H and O–H groups in total.